The Kier molecular flexibility index (Phi) is 4.40. The number of non-ortho nitro benzene ring substituents is 1. The lowest BCUT2D eigenvalue weighted by Gasteiger charge is -2.31. The van der Waals surface area contributed by atoms with Crippen molar-refractivity contribution in [1.29, 1.82) is 0 Å². The molecule has 114 valence electrons. The highest BCUT2D eigenvalue weighted by Gasteiger charge is 2.28. The van der Waals surface area contributed by atoms with Gasteiger partial charge in [-0.25, -0.2) is 4.79 Å². The van der Waals surface area contributed by atoms with E-state index in [0.717, 1.165) is 14.7 Å². The highest BCUT2D eigenvalue weighted by Crippen LogP contribution is 2.29. The van der Waals surface area contributed by atoms with E-state index in [4.69, 9.17) is 4.74 Å². The zero-order valence-corrected chi connectivity index (χ0v) is 14.3. The van der Waals surface area contributed by atoms with E-state index in [0.29, 0.717) is 19.5 Å². The van der Waals surface area contributed by atoms with Gasteiger partial charge in [0, 0.05) is 22.2 Å². The molecule has 0 aromatic heterocycles. The van der Waals surface area contributed by atoms with Crippen molar-refractivity contribution >= 4 is 34.4 Å². The van der Waals surface area contributed by atoms with Gasteiger partial charge in [0.15, 0.2) is 0 Å². The van der Waals surface area contributed by atoms with Gasteiger partial charge in [-0.05, 0) is 60.9 Å². The highest BCUT2D eigenvalue weighted by molar-refractivity contribution is 14.1. The summed E-state index contributed by atoms with van der Waals surface area (Å²) < 4.78 is 6.18. The number of rotatable bonds is 1. The van der Waals surface area contributed by atoms with E-state index in [1.807, 2.05) is 20.8 Å². The Morgan fingerprint density at radius 1 is 1.43 bits per heavy atom. The fraction of sp³-hybridized carbons (Fsp3) is 0.500. The van der Waals surface area contributed by atoms with E-state index in [-0.39, 0.29) is 16.7 Å². The lowest BCUT2D eigenvalue weighted by molar-refractivity contribution is -0.385. The van der Waals surface area contributed by atoms with Crippen molar-refractivity contribution in [3.8, 4) is 0 Å². The molecule has 0 N–H and O–H groups in total. The number of fused-ring (bicyclic) bond motifs is 1. The van der Waals surface area contributed by atoms with Gasteiger partial charge < -0.3 is 9.64 Å². The second-order valence-electron chi connectivity index (χ2n) is 5.97. The Bertz CT molecular complexity index is 595. The van der Waals surface area contributed by atoms with Crippen molar-refractivity contribution in [2.75, 3.05) is 6.54 Å². The lowest BCUT2D eigenvalue weighted by atomic mass is 9.99. The summed E-state index contributed by atoms with van der Waals surface area (Å²) >= 11 is 2.08. The van der Waals surface area contributed by atoms with Crippen LogP contribution < -0.4 is 0 Å². The molecule has 1 amide bonds. The SMILES string of the molecule is CC(C)(C)OC(=O)N1CCc2cc([N+](=O)[O-])cc(I)c2C1. The monoisotopic (exact) mass is 404 g/mol. The predicted molar refractivity (Wildman–Crippen MR) is 86.2 cm³/mol. The minimum Gasteiger partial charge on any atom is -0.444 e. The molecule has 1 aliphatic rings. The number of nitrogens with zero attached hydrogens (tertiary/aromatic N) is 2. The predicted octanol–water partition coefficient (Wildman–Crippen LogP) is 3.49. The molecular weight excluding hydrogens is 387 g/mol. The van der Waals surface area contributed by atoms with Gasteiger partial charge in [0.25, 0.3) is 5.69 Å². The topological polar surface area (TPSA) is 72.7 Å². The largest absolute Gasteiger partial charge is 0.444 e. The summed E-state index contributed by atoms with van der Waals surface area (Å²) in [6, 6.07) is 3.14. The molecule has 0 fully saturated rings. The molecule has 2 rings (SSSR count). The molecule has 0 atom stereocenters. The van der Waals surface area contributed by atoms with Gasteiger partial charge >= 0.3 is 6.09 Å². The number of hydrogen-bond acceptors (Lipinski definition) is 4. The Morgan fingerprint density at radius 3 is 2.67 bits per heavy atom. The van der Waals surface area contributed by atoms with Crippen LogP contribution in [-0.2, 0) is 17.7 Å². The van der Waals surface area contributed by atoms with Crippen LogP contribution >= 0.6 is 22.6 Å². The second-order valence-corrected chi connectivity index (χ2v) is 7.14. The van der Waals surface area contributed by atoms with Crippen LogP contribution in [-0.4, -0.2) is 28.1 Å². The minimum atomic E-state index is -0.528. The van der Waals surface area contributed by atoms with Gasteiger partial charge in [-0.3, -0.25) is 10.1 Å². The molecule has 0 radical (unpaired) electrons. The molecular formula is C14H17IN2O4. The molecule has 1 aromatic carbocycles. The number of carbonyl (C=O) groups excluding carboxylic acids is 1. The number of nitro benzene ring substituents is 1. The molecule has 0 saturated carbocycles. The summed E-state index contributed by atoms with van der Waals surface area (Å²) in [6.45, 7) is 6.43. The summed E-state index contributed by atoms with van der Waals surface area (Å²) in [5, 5.41) is 10.9. The summed E-state index contributed by atoms with van der Waals surface area (Å²) in [6.07, 6.45) is 0.258. The van der Waals surface area contributed by atoms with E-state index in [1.54, 1.807) is 11.0 Å². The first-order valence-corrected chi connectivity index (χ1v) is 7.69. The minimum absolute atomic E-state index is 0.101. The molecule has 1 aromatic rings. The van der Waals surface area contributed by atoms with Crippen LogP contribution in [0.15, 0.2) is 12.1 Å². The summed E-state index contributed by atoms with van der Waals surface area (Å²) in [5.74, 6) is 0. The standard InChI is InChI=1S/C14H17IN2O4/c1-14(2,3)21-13(18)16-5-4-9-6-10(17(19)20)7-12(15)11(9)8-16/h6-7H,4-5,8H2,1-3H3. The summed E-state index contributed by atoms with van der Waals surface area (Å²) in [4.78, 5) is 24.2. The maximum atomic E-state index is 12.1. The molecule has 0 aliphatic carbocycles. The van der Waals surface area contributed by atoms with Crippen LogP contribution in [0.5, 0.6) is 0 Å². The van der Waals surface area contributed by atoms with E-state index in [9.17, 15) is 14.9 Å². The number of benzene rings is 1. The van der Waals surface area contributed by atoms with Crippen molar-refractivity contribution in [2.24, 2.45) is 0 Å². The third kappa shape index (κ3) is 3.84. The number of amides is 1. The first-order valence-electron chi connectivity index (χ1n) is 6.61. The van der Waals surface area contributed by atoms with E-state index in [2.05, 4.69) is 22.6 Å². The molecule has 0 spiro atoms. The average Bonchev–Trinajstić information content (AvgIpc) is 2.36. The molecule has 6 nitrogen and oxygen atoms in total. The van der Waals surface area contributed by atoms with E-state index < -0.39 is 5.60 Å². The molecule has 21 heavy (non-hydrogen) atoms. The molecule has 7 heteroatoms. The Balaban J connectivity index is 2.21. The zero-order chi connectivity index (χ0) is 15.8. The van der Waals surface area contributed by atoms with Crippen LogP contribution in [0.1, 0.15) is 31.9 Å². The number of halogens is 1. The van der Waals surface area contributed by atoms with Gasteiger partial charge in [-0.2, -0.15) is 0 Å². The normalized spacial score (nSPS) is 14.6. The Hall–Kier alpha value is -1.38. The molecule has 1 heterocycles. The van der Waals surface area contributed by atoms with Gasteiger partial charge in [0.05, 0.1) is 11.5 Å². The fourth-order valence-corrected chi connectivity index (χ4v) is 3.03. The van der Waals surface area contributed by atoms with E-state index >= 15 is 0 Å². The quantitative estimate of drug-likeness (QED) is 0.408. The number of carbonyl (C=O) groups is 1. The van der Waals surface area contributed by atoms with Crippen LogP contribution in [0.25, 0.3) is 0 Å². The lowest BCUT2D eigenvalue weighted by Crippen LogP contribution is -2.40. The summed E-state index contributed by atoms with van der Waals surface area (Å²) in [7, 11) is 0. The first kappa shape index (κ1) is 16.0. The smallest absolute Gasteiger partial charge is 0.410 e. The second kappa shape index (κ2) is 5.78. The van der Waals surface area contributed by atoms with Crippen LogP contribution in [0.4, 0.5) is 10.5 Å². The van der Waals surface area contributed by atoms with Gasteiger partial charge in [0.1, 0.15) is 5.60 Å². The van der Waals surface area contributed by atoms with Crippen LogP contribution in [0.3, 0.4) is 0 Å². The van der Waals surface area contributed by atoms with Crippen molar-refractivity contribution in [2.45, 2.75) is 39.3 Å². The van der Waals surface area contributed by atoms with Crippen molar-refractivity contribution in [3.05, 3.63) is 36.9 Å². The van der Waals surface area contributed by atoms with Gasteiger partial charge in [0.2, 0.25) is 0 Å². The number of hydrogen-bond donors (Lipinski definition) is 0. The molecule has 0 unspecified atom stereocenters. The fourth-order valence-electron chi connectivity index (χ4n) is 2.19. The van der Waals surface area contributed by atoms with Crippen LogP contribution in [0.2, 0.25) is 0 Å². The highest BCUT2D eigenvalue weighted by atomic mass is 127. The number of ether oxygens (including phenoxy) is 1. The third-order valence-corrected chi connectivity index (χ3v) is 4.10. The first-order chi connectivity index (χ1) is 9.67. The van der Waals surface area contributed by atoms with E-state index in [1.165, 1.54) is 6.07 Å². The van der Waals surface area contributed by atoms with Crippen molar-refractivity contribution in [3.63, 3.8) is 0 Å². The third-order valence-electron chi connectivity index (χ3n) is 3.14. The Labute approximate surface area is 136 Å². The maximum Gasteiger partial charge on any atom is 0.410 e. The van der Waals surface area contributed by atoms with Crippen molar-refractivity contribution < 1.29 is 14.5 Å². The van der Waals surface area contributed by atoms with Gasteiger partial charge in [-0.1, -0.05) is 0 Å². The van der Waals surface area contributed by atoms with Gasteiger partial charge in [-0.15, -0.1) is 0 Å². The molecule has 1 aliphatic heterocycles. The zero-order valence-electron chi connectivity index (χ0n) is 12.2. The molecule has 0 bridgehead atoms. The van der Waals surface area contributed by atoms with Crippen LogP contribution in [0, 0.1) is 13.7 Å². The maximum absolute atomic E-state index is 12.1. The Morgan fingerprint density at radius 2 is 2.10 bits per heavy atom. The number of nitro groups is 1. The molecule has 0 saturated heterocycles. The van der Waals surface area contributed by atoms with Crippen molar-refractivity contribution in [1.82, 2.24) is 4.90 Å². The average molecular weight is 404 g/mol. The summed E-state index contributed by atoms with van der Waals surface area (Å²) in [5.41, 5.74) is 1.48.